The van der Waals surface area contributed by atoms with E-state index in [1.165, 1.54) is 14.2 Å². The van der Waals surface area contributed by atoms with Gasteiger partial charge in [0.1, 0.15) is 5.66 Å². The van der Waals surface area contributed by atoms with Crippen LogP contribution in [0.1, 0.15) is 32.1 Å². The van der Waals surface area contributed by atoms with Gasteiger partial charge in [-0.2, -0.15) is 9.38 Å². The molecule has 1 aromatic rings. The normalized spacial score (nSPS) is 19.4. The van der Waals surface area contributed by atoms with E-state index in [2.05, 4.69) is 25.9 Å². The van der Waals surface area contributed by atoms with Gasteiger partial charge < -0.3 is 20.9 Å². The summed E-state index contributed by atoms with van der Waals surface area (Å²) in [5.74, 6) is -0.213. The second-order valence-electron chi connectivity index (χ2n) is 6.08. The fraction of sp³-hybridized carbons (Fsp3) is 0.500. The molecule has 1 aromatic carbocycles. The lowest BCUT2D eigenvalue weighted by Crippen LogP contribution is -2.58. The molecule has 1 aliphatic carbocycles. The van der Waals surface area contributed by atoms with Crippen LogP contribution in [-0.4, -0.2) is 31.8 Å². The lowest BCUT2D eigenvalue weighted by Gasteiger charge is -2.46. The van der Waals surface area contributed by atoms with Crippen molar-refractivity contribution in [1.82, 2.24) is 0 Å². The Morgan fingerprint density at radius 3 is 2.40 bits per heavy atom. The minimum absolute atomic E-state index is 0.0267. The van der Waals surface area contributed by atoms with Crippen LogP contribution in [0.3, 0.4) is 0 Å². The van der Waals surface area contributed by atoms with Crippen LogP contribution >= 0.6 is 15.9 Å². The van der Waals surface area contributed by atoms with E-state index in [-0.39, 0.29) is 23.4 Å². The number of hydrogen-bond donors (Lipinski definition) is 2. The van der Waals surface area contributed by atoms with Gasteiger partial charge >= 0.3 is 0 Å². The van der Waals surface area contributed by atoms with Crippen molar-refractivity contribution in [1.29, 1.82) is 0 Å². The molecule has 1 saturated carbocycles. The van der Waals surface area contributed by atoms with Crippen molar-refractivity contribution in [2.24, 2.45) is 21.5 Å². The fourth-order valence-corrected chi connectivity index (χ4v) is 4.14. The summed E-state index contributed by atoms with van der Waals surface area (Å²) in [4.78, 5) is 10.4. The van der Waals surface area contributed by atoms with E-state index in [4.69, 9.17) is 20.9 Å². The van der Waals surface area contributed by atoms with Crippen molar-refractivity contribution in [2.75, 3.05) is 19.1 Å². The van der Waals surface area contributed by atoms with Gasteiger partial charge in [0.25, 0.3) is 0 Å². The molecule has 9 heteroatoms. The lowest BCUT2D eigenvalue weighted by molar-refractivity contribution is 0.300. The number of hydrogen-bond acceptors (Lipinski definition) is 7. The molecule has 1 heterocycles. The van der Waals surface area contributed by atoms with Crippen molar-refractivity contribution < 1.29 is 13.9 Å². The van der Waals surface area contributed by atoms with Crippen LogP contribution in [0, 0.1) is 5.82 Å². The van der Waals surface area contributed by atoms with Crippen LogP contribution in [0.15, 0.2) is 20.5 Å². The number of ether oxygens (including phenoxy) is 2. The Morgan fingerprint density at radius 2 is 1.80 bits per heavy atom. The molecule has 2 aliphatic rings. The molecule has 4 N–H and O–H groups in total. The summed E-state index contributed by atoms with van der Waals surface area (Å²) < 4.78 is 25.8. The molecule has 0 amide bonds. The molecular weight excluding hydrogens is 393 g/mol. The van der Waals surface area contributed by atoms with Crippen molar-refractivity contribution in [2.45, 2.75) is 37.8 Å². The van der Waals surface area contributed by atoms with Crippen LogP contribution < -0.4 is 25.8 Å². The predicted octanol–water partition coefficient (Wildman–Crippen LogP) is 2.72. The second kappa shape index (κ2) is 6.70. The Morgan fingerprint density at radius 1 is 1.16 bits per heavy atom. The molecular formula is C16H21BrFN5O2. The Hall–Kier alpha value is -2.03. The zero-order valence-corrected chi connectivity index (χ0v) is 15.8. The third-order valence-electron chi connectivity index (χ3n) is 4.61. The largest absolute Gasteiger partial charge is 0.492 e. The Balaban J connectivity index is 2.21. The molecule has 136 valence electrons. The Kier molecular flexibility index (Phi) is 4.77. The molecule has 3 rings (SSSR count). The summed E-state index contributed by atoms with van der Waals surface area (Å²) in [6.07, 6.45) is 4.56. The van der Waals surface area contributed by atoms with Gasteiger partial charge in [0.05, 0.1) is 24.4 Å². The first-order valence-electron chi connectivity index (χ1n) is 8.03. The average molecular weight is 414 g/mol. The zero-order chi connectivity index (χ0) is 18.2. The van der Waals surface area contributed by atoms with Crippen molar-refractivity contribution in [3.8, 4) is 11.5 Å². The highest BCUT2D eigenvalue weighted by Gasteiger charge is 2.44. The maximum Gasteiger partial charge on any atom is 0.220 e. The first-order chi connectivity index (χ1) is 11.9. The summed E-state index contributed by atoms with van der Waals surface area (Å²) in [6, 6.07) is 1.70. The third kappa shape index (κ3) is 2.90. The Labute approximate surface area is 154 Å². The fourth-order valence-electron chi connectivity index (χ4n) is 3.59. The molecule has 1 aliphatic heterocycles. The SMILES string of the molecule is COc1c(Br)cc(N2C(N)=NC(N)=NC23CCCCC3)c(OC)c1F. The second-order valence-corrected chi connectivity index (χ2v) is 6.93. The smallest absolute Gasteiger partial charge is 0.220 e. The molecule has 25 heavy (non-hydrogen) atoms. The van der Waals surface area contributed by atoms with Gasteiger partial charge in [-0.3, -0.25) is 4.90 Å². The van der Waals surface area contributed by atoms with E-state index < -0.39 is 11.5 Å². The highest BCUT2D eigenvalue weighted by molar-refractivity contribution is 9.10. The Bertz CT molecular complexity index is 747. The van der Waals surface area contributed by atoms with Crippen LogP contribution in [0.25, 0.3) is 0 Å². The highest BCUT2D eigenvalue weighted by atomic mass is 79.9. The van der Waals surface area contributed by atoms with E-state index in [0.29, 0.717) is 10.2 Å². The summed E-state index contributed by atoms with van der Waals surface area (Å²) >= 11 is 3.34. The zero-order valence-electron chi connectivity index (χ0n) is 14.2. The monoisotopic (exact) mass is 413 g/mol. The molecule has 1 fully saturated rings. The molecule has 0 atom stereocenters. The molecule has 0 radical (unpaired) electrons. The van der Waals surface area contributed by atoms with Crippen molar-refractivity contribution in [3.63, 3.8) is 0 Å². The van der Waals surface area contributed by atoms with Gasteiger partial charge in [-0.15, -0.1) is 0 Å². The number of anilines is 1. The molecule has 0 bridgehead atoms. The van der Waals surface area contributed by atoms with E-state index in [0.717, 1.165) is 32.1 Å². The minimum atomic E-state index is -0.679. The first-order valence-corrected chi connectivity index (χ1v) is 8.82. The van der Waals surface area contributed by atoms with E-state index >= 15 is 0 Å². The van der Waals surface area contributed by atoms with Crippen molar-refractivity contribution in [3.05, 3.63) is 16.4 Å². The number of guanidine groups is 2. The molecule has 7 nitrogen and oxygen atoms in total. The van der Waals surface area contributed by atoms with Gasteiger partial charge in [0.15, 0.2) is 11.5 Å². The number of benzene rings is 1. The number of rotatable bonds is 3. The van der Waals surface area contributed by atoms with Crippen LogP contribution in [0.2, 0.25) is 0 Å². The van der Waals surface area contributed by atoms with Gasteiger partial charge in [-0.25, -0.2) is 4.99 Å². The molecule has 0 unspecified atom stereocenters. The standard InChI is InChI=1S/C16H21BrFN5O2/c1-24-12-9(17)8-10(13(25-2)11(12)18)23-15(20)21-14(19)22-16(23)6-4-3-5-7-16/h8H,3-7H2,1-2H3,(H4,19,20,21,22). The van der Waals surface area contributed by atoms with Gasteiger partial charge in [0.2, 0.25) is 17.7 Å². The maximum absolute atomic E-state index is 14.9. The first kappa shape index (κ1) is 17.8. The molecule has 0 aromatic heterocycles. The van der Waals surface area contributed by atoms with Gasteiger partial charge in [-0.05, 0) is 47.7 Å². The van der Waals surface area contributed by atoms with Crippen LogP contribution in [0.4, 0.5) is 10.1 Å². The van der Waals surface area contributed by atoms with Crippen LogP contribution in [-0.2, 0) is 0 Å². The number of nitrogens with two attached hydrogens (primary N) is 2. The number of methoxy groups -OCH3 is 2. The summed E-state index contributed by atoms with van der Waals surface area (Å²) in [7, 11) is 2.80. The topological polar surface area (TPSA) is 98.5 Å². The maximum atomic E-state index is 14.9. The molecule has 0 saturated heterocycles. The highest BCUT2D eigenvalue weighted by Crippen LogP contribution is 2.47. The minimum Gasteiger partial charge on any atom is -0.492 e. The number of halogens is 2. The van der Waals surface area contributed by atoms with Gasteiger partial charge in [0, 0.05) is 0 Å². The average Bonchev–Trinajstić information content (AvgIpc) is 2.55. The quantitative estimate of drug-likeness (QED) is 0.793. The van der Waals surface area contributed by atoms with E-state index in [9.17, 15) is 4.39 Å². The lowest BCUT2D eigenvalue weighted by atomic mass is 9.87. The van der Waals surface area contributed by atoms with Crippen LogP contribution in [0.5, 0.6) is 11.5 Å². The van der Waals surface area contributed by atoms with E-state index in [1.54, 1.807) is 11.0 Å². The van der Waals surface area contributed by atoms with E-state index in [1.807, 2.05) is 0 Å². The predicted molar refractivity (Wildman–Crippen MR) is 98.7 cm³/mol. The number of nitrogens with zero attached hydrogens (tertiary/aromatic N) is 3. The van der Waals surface area contributed by atoms with Gasteiger partial charge in [-0.1, -0.05) is 6.42 Å². The number of aliphatic imine (C=N–C) groups is 2. The third-order valence-corrected chi connectivity index (χ3v) is 5.20. The summed E-state index contributed by atoms with van der Waals surface area (Å²) in [6.45, 7) is 0. The summed E-state index contributed by atoms with van der Waals surface area (Å²) in [5.41, 5.74) is 11.8. The molecule has 1 spiro atoms. The van der Waals surface area contributed by atoms with Crippen molar-refractivity contribution >= 4 is 33.5 Å². The summed E-state index contributed by atoms with van der Waals surface area (Å²) in [5, 5.41) is 0.